The summed E-state index contributed by atoms with van der Waals surface area (Å²) in [7, 11) is 0. The lowest BCUT2D eigenvalue weighted by Crippen LogP contribution is -2.35. The summed E-state index contributed by atoms with van der Waals surface area (Å²) in [4.78, 5) is 4.29. The van der Waals surface area contributed by atoms with Gasteiger partial charge in [-0.25, -0.2) is 0 Å². The van der Waals surface area contributed by atoms with Crippen LogP contribution in [-0.2, 0) is 13.2 Å². The number of nitrogens with zero attached hydrogens (tertiary/aromatic N) is 1. The van der Waals surface area contributed by atoms with Gasteiger partial charge < -0.3 is 14.5 Å². The van der Waals surface area contributed by atoms with Gasteiger partial charge in [-0.2, -0.15) is 4.98 Å². The summed E-state index contributed by atoms with van der Waals surface area (Å²) < 4.78 is 11.9. The van der Waals surface area contributed by atoms with Crippen LogP contribution in [0.1, 0.15) is 32.0 Å². The molecule has 0 unspecified atom stereocenters. The summed E-state index contributed by atoms with van der Waals surface area (Å²) >= 11 is 3.48. The minimum absolute atomic E-state index is 0.0505. The second-order valence-corrected chi connectivity index (χ2v) is 6.44. The van der Waals surface area contributed by atoms with E-state index in [2.05, 4.69) is 47.0 Å². The molecule has 4 nitrogen and oxygen atoms in total. The Labute approximate surface area is 127 Å². The number of ether oxygens (including phenoxy) is 1. The predicted molar refractivity (Wildman–Crippen MR) is 81.6 cm³/mol. The van der Waals surface area contributed by atoms with Crippen molar-refractivity contribution in [2.75, 3.05) is 0 Å². The van der Waals surface area contributed by atoms with Crippen LogP contribution in [0.3, 0.4) is 0 Å². The molecule has 2 rings (SSSR count). The van der Waals surface area contributed by atoms with Gasteiger partial charge in [-0.1, -0.05) is 34.1 Å². The normalized spacial score (nSPS) is 11.6. The van der Waals surface area contributed by atoms with E-state index in [1.165, 1.54) is 0 Å². The smallest absolute Gasteiger partial charge is 0.394 e. The van der Waals surface area contributed by atoms with Gasteiger partial charge in [0.2, 0.25) is 0 Å². The number of halogens is 1. The highest BCUT2D eigenvalue weighted by Crippen LogP contribution is 2.19. The molecule has 0 aliphatic heterocycles. The van der Waals surface area contributed by atoms with Gasteiger partial charge in [0, 0.05) is 22.1 Å². The summed E-state index contributed by atoms with van der Waals surface area (Å²) in [6.45, 7) is 7.41. The maximum atomic E-state index is 5.55. The first-order valence-corrected chi connectivity index (χ1v) is 7.29. The highest BCUT2D eigenvalue weighted by Gasteiger charge is 2.11. The Bertz CT molecular complexity index is 561. The molecule has 0 amide bonds. The zero-order chi connectivity index (χ0) is 14.6. The molecule has 108 valence electrons. The number of aromatic nitrogens is 1. The van der Waals surface area contributed by atoms with Crippen molar-refractivity contribution in [3.05, 3.63) is 46.3 Å². The van der Waals surface area contributed by atoms with E-state index in [4.69, 9.17) is 9.15 Å². The number of nitrogens with one attached hydrogen (secondary N) is 1. The molecule has 1 heterocycles. The summed E-state index contributed by atoms with van der Waals surface area (Å²) in [6.07, 6.45) is 1.92. The quantitative estimate of drug-likeness (QED) is 0.897. The molecule has 5 heteroatoms. The number of rotatable bonds is 5. The van der Waals surface area contributed by atoms with Crippen molar-refractivity contribution in [1.29, 1.82) is 0 Å². The fourth-order valence-electron chi connectivity index (χ4n) is 1.55. The third-order valence-corrected chi connectivity index (χ3v) is 3.41. The highest BCUT2D eigenvalue weighted by molar-refractivity contribution is 9.10. The summed E-state index contributed by atoms with van der Waals surface area (Å²) in [5.41, 5.74) is 1.94. The van der Waals surface area contributed by atoms with Crippen LogP contribution in [0.25, 0.3) is 0 Å². The Kier molecular flexibility index (Phi) is 4.83. The molecular formula is C15H19BrN2O2. The van der Waals surface area contributed by atoms with Crippen LogP contribution >= 0.6 is 15.9 Å². The molecule has 0 aliphatic carbocycles. The fraction of sp³-hybridized carbons (Fsp3) is 0.400. The SMILES string of the molecule is CC(C)(C)NCc1coc(OCc2ccccc2Br)n1. The van der Waals surface area contributed by atoms with Gasteiger partial charge in [-0.3, -0.25) is 0 Å². The van der Waals surface area contributed by atoms with Crippen molar-refractivity contribution in [1.82, 2.24) is 10.3 Å². The van der Waals surface area contributed by atoms with Gasteiger partial charge in [-0.15, -0.1) is 0 Å². The molecular weight excluding hydrogens is 320 g/mol. The van der Waals surface area contributed by atoms with E-state index in [1.54, 1.807) is 6.26 Å². The maximum Gasteiger partial charge on any atom is 0.394 e. The predicted octanol–water partition coefficient (Wildman–Crippen LogP) is 3.90. The summed E-state index contributed by atoms with van der Waals surface area (Å²) in [5.74, 6) is 0. The van der Waals surface area contributed by atoms with Gasteiger partial charge in [0.1, 0.15) is 12.9 Å². The Morgan fingerprint density at radius 1 is 1.30 bits per heavy atom. The fourth-order valence-corrected chi connectivity index (χ4v) is 1.95. The van der Waals surface area contributed by atoms with E-state index in [9.17, 15) is 0 Å². The zero-order valence-corrected chi connectivity index (χ0v) is 13.5. The summed E-state index contributed by atoms with van der Waals surface area (Å²) in [6, 6.07) is 7.91. The minimum Gasteiger partial charge on any atom is -0.445 e. The first kappa shape index (κ1) is 15.1. The minimum atomic E-state index is 0.0505. The molecule has 0 spiro atoms. The van der Waals surface area contributed by atoms with E-state index in [0.29, 0.717) is 19.2 Å². The molecule has 2 aromatic rings. The lowest BCUT2D eigenvalue weighted by molar-refractivity contribution is 0.219. The second kappa shape index (κ2) is 6.41. The van der Waals surface area contributed by atoms with Crippen LogP contribution in [0.4, 0.5) is 0 Å². The van der Waals surface area contributed by atoms with Crippen LogP contribution in [-0.4, -0.2) is 10.5 Å². The Morgan fingerprint density at radius 2 is 2.05 bits per heavy atom. The van der Waals surface area contributed by atoms with Crippen LogP contribution in [0.5, 0.6) is 6.08 Å². The van der Waals surface area contributed by atoms with Crippen LogP contribution in [0, 0.1) is 0 Å². The average molecular weight is 339 g/mol. The molecule has 0 atom stereocenters. The van der Waals surface area contributed by atoms with Crippen LogP contribution < -0.4 is 10.1 Å². The molecule has 0 fully saturated rings. The summed E-state index contributed by atoms with van der Waals surface area (Å²) in [5, 5.41) is 3.35. The van der Waals surface area contributed by atoms with Crippen molar-refractivity contribution in [2.24, 2.45) is 0 Å². The van der Waals surface area contributed by atoms with Crippen molar-refractivity contribution in [2.45, 2.75) is 39.5 Å². The number of hydrogen-bond donors (Lipinski definition) is 1. The van der Waals surface area contributed by atoms with Crippen LogP contribution in [0.2, 0.25) is 0 Å². The van der Waals surface area contributed by atoms with Crippen molar-refractivity contribution in [3.63, 3.8) is 0 Å². The van der Waals surface area contributed by atoms with E-state index < -0.39 is 0 Å². The molecule has 1 aromatic carbocycles. The lowest BCUT2D eigenvalue weighted by atomic mass is 10.1. The van der Waals surface area contributed by atoms with E-state index in [0.717, 1.165) is 15.7 Å². The van der Waals surface area contributed by atoms with E-state index >= 15 is 0 Å². The standard InChI is InChI=1S/C15H19BrN2O2/c1-15(2,3)17-8-12-10-20-14(18-12)19-9-11-6-4-5-7-13(11)16/h4-7,10,17H,8-9H2,1-3H3. The molecule has 20 heavy (non-hydrogen) atoms. The Balaban J connectivity index is 1.89. The molecule has 0 saturated carbocycles. The van der Waals surface area contributed by atoms with Gasteiger partial charge in [0.15, 0.2) is 0 Å². The highest BCUT2D eigenvalue weighted by atomic mass is 79.9. The van der Waals surface area contributed by atoms with Gasteiger partial charge in [0.05, 0.1) is 5.69 Å². The third-order valence-electron chi connectivity index (χ3n) is 2.64. The maximum absolute atomic E-state index is 5.55. The average Bonchev–Trinajstić information content (AvgIpc) is 2.83. The number of oxazole rings is 1. The van der Waals surface area contributed by atoms with Gasteiger partial charge in [0.25, 0.3) is 0 Å². The Morgan fingerprint density at radius 3 is 2.75 bits per heavy atom. The number of benzene rings is 1. The molecule has 1 N–H and O–H groups in total. The molecule has 0 bridgehead atoms. The first-order valence-electron chi connectivity index (χ1n) is 6.50. The third kappa shape index (κ3) is 4.65. The van der Waals surface area contributed by atoms with Crippen molar-refractivity contribution < 1.29 is 9.15 Å². The van der Waals surface area contributed by atoms with Gasteiger partial charge in [-0.05, 0) is 26.8 Å². The second-order valence-electron chi connectivity index (χ2n) is 5.59. The van der Waals surface area contributed by atoms with E-state index in [-0.39, 0.29) is 5.54 Å². The van der Waals surface area contributed by atoms with Crippen LogP contribution in [0.15, 0.2) is 39.4 Å². The van der Waals surface area contributed by atoms with Crippen molar-refractivity contribution in [3.8, 4) is 6.08 Å². The largest absolute Gasteiger partial charge is 0.445 e. The monoisotopic (exact) mass is 338 g/mol. The molecule has 1 aromatic heterocycles. The first-order chi connectivity index (χ1) is 9.44. The molecule has 0 aliphatic rings. The van der Waals surface area contributed by atoms with Crippen molar-refractivity contribution >= 4 is 15.9 Å². The molecule has 0 radical (unpaired) electrons. The zero-order valence-electron chi connectivity index (χ0n) is 11.9. The molecule has 0 saturated heterocycles. The number of hydrogen-bond acceptors (Lipinski definition) is 4. The van der Waals surface area contributed by atoms with E-state index in [1.807, 2.05) is 24.3 Å². The topological polar surface area (TPSA) is 47.3 Å². The Hall–Kier alpha value is -1.33. The lowest BCUT2D eigenvalue weighted by Gasteiger charge is -2.19. The van der Waals surface area contributed by atoms with Gasteiger partial charge >= 0.3 is 6.08 Å².